The first-order valence-corrected chi connectivity index (χ1v) is 22.2. The van der Waals surface area contributed by atoms with Crippen LogP contribution < -0.4 is 51.7 Å². The SMILES string of the molecule is c1ccc(N2c3ccccc3B3c4ccccc4[Si](c4ccccc4)(c4ccccc4)c4cc5c(c2c43)Oc2ccccc2N5c2cccc(-c3ccncc3)c2)cc1. The highest BCUT2D eigenvalue weighted by Gasteiger charge is 2.54. The third-order valence-corrected chi connectivity index (χ3v) is 17.3. The average Bonchev–Trinajstić information content (AvgIpc) is 3.32. The summed E-state index contributed by atoms with van der Waals surface area (Å²) in [7, 11) is -3.04. The highest BCUT2D eigenvalue weighted by molar-refractivity contribution is 7.26. The molecule has 4 heterocycles. The number of hydrogen-bond acceptors (Lipinski definition) is 4. The van der Waals surface area contributed by atoms with Crippen molar-refractivity contribution >= 4 is 86.0 Å². The summed E-state index contributed by atoms with van der Waals surface area (Å²) in [5.74, 6) is 1.67. The van der Waals surface area contributed by atoms with Crippen LogP contribution in [0.25, 0.3) is 11.1 Å². The van der Waals surface area contributed by atoms with Gasteiger partial charge in [0.15, 0.2) is 19.6 Å². The van der Waals surface area contributed by atoms with E-state index in [-0.39, 0.29) is 6.71 Å². The largest absolute Gasteiger partial charge is 0.451 e. The zero-order chi connectivity index (χ0) is 38.9. The van der Waals surface area contributed by atoms with Crippen LogP contribution in [0.15, 0.2) is 219 Å². The number of para-hydroxylation sites is 4. The minimum Gasteiger partial charge on any atom is -0.451 e. The van der Waals surface area contributed by atoms with Crippen molar-refractivity contribution in [2.75, 3.05) is 9.80 Å². The number of pyridine rings is 1. The molecule has 276 valence electrons. The second-order valence-electron chi connectivity index (χ2n) is 15.5. The molecule has 4 nitrogen and oxygen atoms in total. The lowest BCUT2D eigenvalue weighted by Gasteiger charge is -2.49. The predicted octanol–water partition coefficient (Wildman–Crippen LogP) is 8.31. The van der Waals surface area contributed by atoms with Crippen LogP contribution in [0.1, 0.15) is 0 Å². The Hall–Kier alpha value is -7.41. The Morgan fingerprint density at radius 1 is 0.441 bits per heavy atom. The molecule has 0 amide bonds. The number of hydrogen-bond donors (Lipinski definition) is 0. The molecule has 1 aromatic heterocycles. The maximum absolute atomic E-state index is 7.37. The maximum atomic E-state index is 7.37. The van der Waals surface area contributed by atoms with Gasteiger partial charge in [0.05, 0.1) is 17.1 Å². The van der Waals surface area contributed by atoms with Crippen molar-refractivity contribution in [3.05, 3.63) is 219 Å². The van der Waals surface area contributed by atoms with Crippen LogP contribution >= 0.6 is 0 Å². The van der Waals surface area contributed by atoms with E-state index in [2.05, 4.69) is 221 Å². The van der Waals surface area contributed by atoms with Gasteiger partial charge in [0, 0.05) is 29.5 Å². The van der Waals surface area contributed by atoms with E-state index < -0.39 is 8.07 Å². The van der Waals surface area contributed by atoms with Gasteiger partial charge < -0.3 is 14.5 Å². The Kier molecular flexibility index (Phi) is 7.62. The fourth-order valence-electron chi connectivity index (χ4n) is 10.1. The van der Waals surface area contributed by atoms with E-state index in [1.165, 1.54) is 37.1 Å². The van der Waals surface area contributed by atoms with E-state index in [0.717, 1.165) is 56.8 Å². The van der Waals surface area contributed by atoms with E-state index in [1.54, 1.807) is 0 Å². The topological polar surface area (TPSA) is 28.6 Å². The number of fused-ring (bicyclic) bond motifs is 7. The Balaban J connectivity index is 1.27. The van der Waals surface area contributed by atoms with Gasteiger partial charge >= 0.3 is 0 Å². The van der Waals surface area contributed by atoms with Gasteiger partial charge in [-0.3, -0.25) is 4.98 Å². The number of benzene rings is 8. The minimum atomic E-state index is -3.04. The van der Waals surface area contributed by atoms with E-state index in [0.29, 0.717) is 0 Å². The predicted molar refractivity (Wildman–Crippen MR) is 247 cm³/mol. The molecule has 0 bridgehead atoms. The molecule has 9 aromatic rings. The van der Waals surface area contributed by atoms with Crippen LogP contribution in [0.3, 0.4) is 0 Å². The van der Waals surface area contributed by atoms with Crippen molar-refractivity contribution in [1.82, 2.24) is 4.98 Å². The normalized spacial score (nSPS) is 13.9. The van der Waals surface area contributed by atoms with Crippen molar-refractivity contribution in [3.63, 3.8) is 0 Å². The molecular formula is C53H36BN3OSi. The first kappa shape index (κ1) is 33.7. The van der Waals surface area contributed by atoms with Crippen molar-refractivity contribution in [2.45, 2.75) is 0 Å². The van der Waals surface area contributed by atoms with Gasteiger partial charge in [-0.2, -0.15) is 0 Å². The second kappa shape index (κ2) is 13.3. The average molecular weight is 770 g/mol. The number of rotatable bonds is 5. The molecule has 0 aliphatic carbocycles. The Bertz CT molecular complexity index is 3010. The van der Waals surface area contributed by atoms with Crippen LogP contribution in [0.5, 0.6) is 11.5 Å². The van der Waals surface area contributed by atoms with Gasteiger partial charge in [0.2, 0.25) is 6.71 Å². The Morgan fingerprint density at radius 2 is 1.05 bits per heavy atom. The van der Waals surface area contributed by atoms with Crippen molar-refractivity contribution in [3.8, 4) is 22.6 Å². The van der Waals surface area contributed by atoms with Crippen LogP contribution in [0, 0.1) is 0 Å². The summed E-state index contributed by atoms with van der Waals surface area (Å²) in [6, 6.07) is 75.8. The molecule has 0 spiro atoms. The molecular weight excluding hydrogens is 734 g/mol. The Labute approximate surface area is 345 Å². The molecule has 12 rings (SSSR count). The number of ether oxygens (including phenoxy) is 1. The quantitative estimate of drug-likeness (QED) is 0.165. The first-order valence-electron chi connectivity index (χ1n) is 20.2. The van der Waals surface area contributed by atoms with Crippen molar-refractivity contribution < 1.29 is 4.74 Å². The second-order valence-corrected chi connectivity index (χ2v) is 19.2. The van der Waals surface area contributed by atoms with E-state index in [9.17, 15) is 0 Å². The molecule has 0 atom stereocenters. The molecule has 0 fully saturated rings. The lowest BCUT2D eigenvalue weighted by molar-refractivity contribution is 0.478. The van der Waals surface area contributed by atoms with Crippen LogP contribution in [-0.4, -0.2) is 19.8 Å². The van der Waals surface area contributed by atoms with Gasteiger partial charge in [-0.05, 0) is 103 Å². The third-order valence-electron chi connectivity index (χ3n) is 12.5. The van der Waals surface area contributed by atoms with Crippen LogP contribution in [-0.2, 0) is 0 Å². The van der Waals surface area contributed by atoms with Gasteiger partial charge in [0.1, 0.15) is 0 Å². The maximum Gasteiger partial charge on any atom is 0.246 e. The lowest BCUT2D eigenvalue weighted by atomic mass is 9.34. The number of aromatic nitrogens is 1. The monoisotopic (exact) mass is 769 g/mol. The fraction of sp³-hybridized carbons (Fsp3) is 0. The molecule has 6 heteroatoms. The summed E-state index contributed by atoms with van der Waals surface area (Å²) in [6.45, 7) is -0.0186. The zero-order valence-electron chi connectivity index (χ0n) is 32.1. The number of nitrogens with zero attached hydrogens (tertiary/aromatic N) is 3. The standard InChI is InChI=1S/C53H36BN3OSi/c1-4-18-39(19-5-1)57-45-27-12-10-25-43(45)54-44-26-11-15-30-49(44)59(41-21-6-2-7-22-41,42-23-8-3-9-24-42)50-36-47-53(52(57)51(50)54)58-48-29-14-13-28-46(48)56(47)40-20-16-17-38(35-40)37-31-33-55-34-32-37/h1-36H. The molecule has 0 saturated heterocycles. The molecule has 8 aromatic carbocycles. The van der Waals surface area contributed by atoms with Crippen LogP contribution in [0.4, 0.5) is 34.1 Å². The highest BCUT2D eigenvalue weighted by Crippen LogP contribution is 2.56. The zero-order valence-corrected chi connectivity index (χ0v) is 33.1. The molecule has 0 saturated carbocycles. The smallest absolute Gasteiger partial charge is 0.246 e. The summed E-state index contributed by atoms with van der Waals surface area (Å²) in [4.78, 5) is 9.23. The summed E-state index contributed by atoms with van der Waals surface area (Å²) in [6.07, 6.45) is 3.72. The molecule has 3 aliphatic heterocycles. The van der Waals surface area contributed by atoms with Gasteiger partial charge in [-0.25, -0.2) is 0 Å². The summed E-state index contributed by atoms with van der Waals surface area (Å²) in [5, 5.41) is 5.51. The Morgan fingerprint density at radius 3 is 1.80 bits per heavy atom. The number of anilines is 6. The highest BCUT2D eigenvalue weighted by atomic mass is 28.3. The van der Waals surface area contributed by atoms with Crippen LogP contribution in [0.2, 0.25) is 0 Å². The third kappa shape index (κ3) is 4.93. The van der Waals surface area contributed by atoms with Crippen molar-refractivity contribution in [2.24, 2.45) is 0 Å². The van der Waals surface area contributed by atoms with E-state index in [1.807, 2.05) is 12.4 Å². The summed E-state index contributed by atoms with van der Waals surface area (Å²) < 4.78 is 7.37. The molecule has 0 N–H and O–H groups in total. The molecule has 0 radical (unpaired) electrons. The van der Waals surface area contributed by atoms with Gasteiger partial charge in [-0.1, -0.05) is 151 Å². The molecule has 59 heavy (non-hydrogen) atoms. The van der Waals surface area contributed by atoms with Gasteiger partial charge in [-0.15, -0.1) is 0 Å². The molecule has 3 aliphatic rings. The minimum absolute atomic E-state index is 0.0186. The van der Waals surface area contributed by atoms with Gasteiger partial charge in [0.25, 0.3) is 0 Å². The lowest BCUT2D eigenvalue weighted by Crippen LogP contribution is -2.87. The van der Waals surface area contributed by atoms with Crippen molar-refractivity contribution in [1.29, 1.82) is 0 Å². The summed E-state index contributed by atoms with van der Waals surface area (Å²) >= 11 is 0. The molecule has 0 unspecified atom stereocenters. The summed E-state index contributed by atoms with van der Waals surface area (Å²) in [5.41, 5.74) is 12.6. The van der Waals surface area contributed by atoms with E-state index in [4.69, 9.17) is 4.74 Å². The van der Waals surface area contributed by atoms with E-state index >= 15 is 0 Å². The fourth-order valence-corrected chi connectivity index (χ4v) is 15.4. The first-order chi connectivity index (χ1) is 29.3.